The van der Waals surface area contributed by atoms with Crippen LogP contribution < -0.4 is 20.3 Å². The molecule has 2 aromatic carbocycles. The Kier molecular flexibility index (Phi) is 6.04. The van der Waals surface area contributed by atoms with Gasteiger partial charge in [0.25, 0.3) is 5.91 Å². The molecule has 1 saturated heterocycles. The van der Waals surface area contributed by atoms with E-state index in [4.69, 9.17) is 4.74 Å². The van der Waals surface area contributed by atoms with Gasteiger partial charge in [-0.05, 0) is 67.2 Å². The standard InChI is InChI=1S/C24H29N3O3/c1-16(28)27(2)20-6-3-17(4-7-20)22-10-12-25-11-9-19(22)15-30-21-8-5-18-14-26-24(29)23(18)13-21/h3-8,13,19,22,25H,9-12,14-15H2,1-2H3,(H,26,29)/t19-,22-/m1/s1. The normalized spacial score (nSPS) is 20.8. The molecule has 0 spiro atoms. The Balaban J connectivity index is 1.47. The van der Waals surface area contributed by atoms with Crippen LogP contribution in [0.4, 0.5) is 5.69 Å². The summed E-state index contributed by atoms with van der Waals surface area (Å²) in [4.78, 5) is 25.2. The fourth-order valence-corrected chi connectivity index (χ4v) is 4.36. The minimum Gasteiger partial charge on any atom is -0.493 e. The van der Waals surface area contributed by atoms with Gasteiger partial charge in [-0.15, -0.1) is 0 Å². The summed E-state index contributed by atoms with van der Waals surface area (Å²) in [7, 11) is 1.79. The van der Waals surface area contributed by atoms with Crippen molar-refractivity contribution in [2.75, 3.05) is 31.6 Å². The molecule has 0 bridgehead atoms. The van der Waals surface area contributed by atoms with Crippen LogP contribution in [0, 0.1) is 5.92 Å². The molecule has 2 aliphatic heterocycles. The number of nitrogens with one attached hydrogen (secondary N) is 2. The van der Waals surface area contributed by atoms with Crippen molar-refractivity contribution in [3.8, 4) is 5.75 Å². The molecule has 2 atom stereocenters. The van der Waals surface area contributed by atoms with E-state index in [1.54, 1.807) is 18.9 Å². The highest BCUT2D eigenvalue weighted by Crippen LogP contribution is 2.33. The van der Waals surface area contributed by atoms with Crippen LogP contribution in [0.25, 0.3) is 0 Å². The van der Waals surface area contributed by atoms with E-state index in [2.05, 4.69) is 22.8 Å². The molecule has 0 radical (unpaired) electrons. The molecular formula is C24H29N3O3. The fraction of sp³-hybridized carbons (Fsp3) is 0.417. The summed E-state index contributed by atoms with van der Waals surface area (Å²) in [5.74, 6) is 1.51. The van der Waals surface area contributed by atoms with Crippen LogP contribution in [-0.4, -0.2) is 38.6 Å². The van der Waals surface area contributed by atoms with Crippen molar-refractivity contribution in [2.45, 2.75) is 32.2 Å². The summed E-state index contributed by atoms with van der Waals surface area (Å²) in [5, 5.41) is 6.34. The average molecular weight is 408 g/mol. The minimum atomic E-state index is -0.0254. The number of fused-ring (bicyclic) bond motifs is 1. The summed E-state index contributed by atoms with van der Waals surface area (Å²) < 4.78 is 6.16. The van der Waals surface area contributed by atoms with E-state index in [1.807, 2.05) is 30.3 Å². The molecular weight excluding hydrogens is 378 g/mol. The molecule has 2 heterocycles. The summed E-state index contributed by atoms with van der Waals surface area (Å²) >= 11 is 0. The zero-order valence-corrected chi connectivity index (χ0v) is 17.6. The van der Waals surface area contributed by atoms with Crippen LogP contribution in [0.3, 0.4) is 0 Å². The van der Waals surface area contributed by atoms with E-state index < -0.39 is 0 Å². The number of carbonyl (C=O) groups is 2. The predicted molar refractivity (Wildman–Crippen MR) is 117 cm³/mol. The third-order valence-electron chi connectivity index (χ3n) is 6.30. The van der Waals surface area contributed by atoms with Gasteiger partial charge in [-0.3, -0.25) is 9.59 Å². The minimum absolute atomic E-state index is 0.0238. The number of benzene rings is 2. The summed E-state index contributed by atoms with van der Waals surface area (Å²) in [6.07, 6.45) is 2.08. The number of hydrogen-bond acceptors (Lipinski definition) is 4. The Morgan fingerprint density at radius 2 is 1.90 bits per heavy atom. The number of amides is 2. The molecule has 0 aromatic heterocycles. The Hall–Kier alpha value is -2.86. The topological polar surface area (TPSA) is 70.7 Å². The number of nitrogens with zero attached hydrogens (tertiary/aromatic N) is 1. The highest BCUT2D eigenvalue weighted by Gasteiger charge is 2.26. The second-order valence-electron chi connectivity index (χ2n) is 8.18. The summed E-state index contributed by atoms with van der Waals surface area (Å²) in [5.41, 5.74) is 3.93. The van der Waals surface area contributed by atoms with E-state index >= 15 is 0 Å². The first-order chi connectivity index (χ1) is 14.5. The maximum absolute atomic E-state index is 11.9. The predicted octanol–water partition coefficient (Wildman–Crippen LogP) is 3.07. The maximum atomic E-state index is 11.9. The van der Waals surface area contributed by atoms with Crippen LogP contribution in [0.2, 0.25) is 0 Å². The van der Waals surface area contributed by atoms with E-state index in [9.17, 15) is 9.59 Å². The molecule has 2 aromatic rings. The van der Waals surface area contributed by atoms with Crippen LogP contribution in [0.15, 0.2) is 42.5 Å². The summed E-state index contributed by atoms with van der Waals surface area (Å²) in [6, 6.07) is 14.1. The van der Waals surface area contributed by atoms with Gasteiger partial charge in [0.1, 0.15) is 5.75 Å². The van der Waals surface area contributed by atoms with Gasteiger partial charge in [0.05, 0.1) is 6.61 Å². The van der Waals surface area contributed by atoms with Crippen molar-refractivity contribution in [3.05, 3.63) is 59.2 Å². The monoisotopic (exact) mass is 407 g/mol. The van der Waals surface area contributed by atoms with Crippen LogP contribution >= 0.6 is 0 Å². The van der Waals surface area contributed by atoms with E-state index in [-0.39, 0.29) is 11.8 Å². The van der Waals surface area contributed by atoms with Crippen molar-refractivity contribution in [3.63, 3.8) is 0 Å². The molecule has 2 aliphatic rings. The third kappa shape index (κ3) is 4.33. The molecule has 0 aliphatic carbocycles. The molecule has 0 unspecified atom stereocenters. The average Bonchev–Trinajstić information content (AvgIpc) is 2.97. The van der Waals surface area contributed by atoms with Gasteiger partial charge in [0.15, 0.2) is 0 Å². The first kappa shape index (κ1) is 20.4. The number of anilines is 1. The fourth-order valence-electron chi connectivity index (χ4n) is 4.36. The molecule has 2 amide bonds. The highest BCUT2D eigenvalue weighted by atomic mass is 16.5. The van der Waals surface area contributed by atoms with Gasteiger partial charge >= 0.3 is 0 Å². The first-order valence-corrected chi connectivity index (χ1v) is 10.6. The van der Waals surface area contributed by atoms with Crippen LogP contribution in [-0.2, 0) is 11.3 Å². The van der Waals surface area contributed by atoms with E-state index in [1.165, 1.54) is 5.56 Å². The zero-order chi connectivity index (χ0) is 21.1. The lowest BCUT2D eigenvalue weighted by Crippen LogP contribution is -2.23. The molecule has 6 nitrogen and oxygen atoms in total. The zero-order valence-electron chi connectivity index (χ0n) is 17.6. The lowest BCUT2D eigenvalue weighted by Gasteiger charge is -2.26. The molecule has 158 valence electrons. The smallest absolute Gasteiger partial charge is 0.252 e. The Bertz CT molecular complexity index is 926. The van der Waals surface area contributed by atoms with E-state index in [0.29, 0.717) is 25.0 Å². The Morgan fingerprint density at radius 1 is 1.13 bits per heavy atom. The lowest BCUT2D eigenvalue weighted by atomic mass is 9.83. The molecule has 30 heavy (non-hydrogen) atoms. The third-order valence-corrected chi connectivity index (χ3v) is 6.30. The number of carbonyl (C=O) groups excluding carboxylic acids is 2. The number of rotatable bonds is 5. The van der Waals surface area contributed by atoms with Gasteiger partial charge in [0.2, 0.25) is 5.91 Å². The second kappa shape index (κ2) is 8.88. The first-order valence-electron chi connectivity index (χ1n) is 10.6. The van der Waals surface area contributed by atoms with Crippen LogP contribution in [0.1, 0.15) is 47.2 Å². The second-order valence-corrected chi connectivity index (χ2v) is 8.18. The molecule has 6 heteroatoms. The summed E-state index contributed by atoms with van der Waals surface area (Å²) in [6.45, 7) is 4.74. The van der Waals surface area contributed by atoms with Gasteiger partial charge in [-0.2, -0.15) is 0 Å². The van der Waals surface area contributed by atoms with Gasteiger partial charge in [0, 0.05) is 37.7 Å². The molecule has 4 rings (SSSR count). The maximum Gasteiger partial charge on any atom is 0.252 e. The van der Waals surface area contributed by atoms with Gasteiger partial charge in [-0.25, -0.2) is 0 Å². The SMILES string of the molecule is CC(=O)N(C)c1ccc([C@H]2CCNCC[C@@H]2COc2ccc3c(c2)C(=O)NC3)cc1. The quantitative estimate of drug-likeness (QED) is 0.799. The Morgan fingerprint density at radius 3 is 2.67 bits per heavy atom. The van der Waals surface area contributed by atoms with Gasteiger partial charge < -0.3 is 20.3 Å². The van der Waals surface area contributed by atoms with Crippen molar-refractivity contribution in [2.24, 2.45) is 5.92 Å². The molecule has 1 fully saturated rings. The van der Waals surface area contributed by atoms with E-state index in [0.717, 1.165) is 48.5 Å². The highest BCUT2D eigenvalue weighted by molar-refractivity contribution is 5.98. The number of hydrogen-bond donors (Lipinski definition) is 2. The van der Waals surface area contributed by atoms with Gasteiger partial charge in [-0.1, -0.05) is 18.2 Å². The molecule has 0 saturated carbocycles. The Labute approximate surface area is 177 Å². The number of ether oxygens (including phenoxy) is 1. The van der Waals surface area contributed by atoms with Crippen molar-refractivity contribution >= 4 is 17.5 Å². The van der Waals surface area contributed by atoms with Crippen molar-refractivity contribution in [1.29, 1.82) is 0 Å². The van der Waals surface area contributed by atoms with Crippen molar-refractivity contribution < 1.29 is 14.3 Å². The van der Waals surface area contributed by atoms with Crippen LogP contribution in [0.5, 0.6) is 5.75 Å². The lowest BCUT2D eigenvalue weighted by molar-refractivity contribution is -0.116. The molecule has 2 N–H and O–H groups in total. The van der Waals surface area contributed by atoms with Crippen molar-refractivity contribution in [1.82, 2.24) is 10.6 Å². The largest absolute Gasteiger partial charge is 0.493 e.